The van der Waals surface area contributed by atoms with Crippen molar-refractivity contribution in [1.82, 2.24) is 0 Å². The summed E-state index contributed by atoms with van der Waals surface area (Å²) in [4.78, 5) is 11.9. The molecule has 2 aromatic rings. The van der Waals surface area contributed by atoms with Gasteiger partial charge in [0.1, 0.15) is 5.82 Å². The molecule has 0 aliphatic rings. The lowest BCUT2D eigenvalue weighted by molar-refractivity contribution is 0.102. The van der Waals surface area contributed by atoms with E-state index in [1.807, 2.05) is 0 Å². The Bertz CT molecular complexity index is 611. The van der Waals surface area contributed by atoms with Crippen LogP contribution in [0.15, 0.2) is 42.5 Å². The molecule has 0 unspecified atom stereocenters. The Morgan fingerprint density at radius 2 is 2.05 bits per heavy atom. The van der Waals surface area contributed by atoms with Crippen molar-refractivity contribution >= 4 is 11.6 Å². The first-order valence-electron chi connectivity index (χ1n) is 5.87. The van der Waals surface area contributed by atoms with Gasteiger partial charge in [-0.15, -0.1) is 0 Å². The fraction of sp³-hybridized carbons (Fsp3) is 0.133. The zero-order valence-electron chi connectivity index (χ0n) is 10.5. The van der Waals surface area contributed by atoms with E-state index in [0.29, 0.717) is 16.8 Å². The van der Waals surface area contributed by atoms with Crippen LogP contribution in [0, 0.1) is 12.7 Å². The zero-order valence-corrected chi connectivity index (χ0v) is 10.5. The lowest BCUT2D eigenvalue weighted by Crippen LogP contribution is -2.12. The molecule has 3 nitrogen and oxygen atoms in total. The first kappa shape index (κ1) is 13.2. The largest absolute Gasteiger partial charge is 0.392 e. The van der Waals surface area contributed by atoms with Crippen LogP contribution in [0.3, 0.4) is 0 Å². The number of rotatable bonds is 3. The number of aryl methyl sites for hydroxylation is 1. The van der Waals surface area contributed by atoms with Crippen LogP contribution in [0.25, 0.3) is 0 Å². The van der Waals surface area contributed by atoms with Gasteiger partial charge in [0.05, 0.1) is 6.61 Å². The fourth-order valence-corrected chi connectivity index (χ4v) is 1.68. The molecule has 2 rings (SSSR count). The third kappa shape index (κ3) is 3.17. The van der Waals surface area contributed by atoms with Crippen molar-refractivity contribution < 1.29 is 14.3 Å². The van der Waals surface area contributed by atoms with E-state index in [4.69, 9.17) is 5.11 Å². The zero-order chi connectivity index (χ0) is 13.8. The highest BCUT2D eigenvalue weighted by atomic mass is 19.1. The predicted molar refractivity (Wildman–Crippen MR) is 71.5 cm³/mol. The third-order valence-corrected chi connectivity index (χ3v) is 2.80. The van der Waals surface area contributed by atoms with Crippen molar-refractivity contribution in [2.75, 3.05) is 5.32 Å². The number of hydrogen-bond donors (Lipinski definition) is 2. The molecule has 1 amide bonds. The van der Waals surface area contributed by atoms with E-state index in [1.165, 1.54) is 6.07 Å². The number of hydrogen-bond acceptors (Lipinski definition) is 2. The molecule has 98 valence electrons. The van der Waals surface area contributed by atoms with Gasteiger partial charge in [-0.1, -0.05) is 18.2 Å². The van der Waals surface area contributed by atoms with Gasteiger partial charge in [0.15, 0.2) is 0 Å². The van der Waals surface area contributed by atoms with Crippen LogP contribution in [0.2, 0.25) is 0 Å². The summed E-state index contributed by atoms with van der Waals surface area (Å²) in [7, 11) is 0. The molecule has 2 aromatic carbocycles. The Labute approximate surface area is 110 Å². The molecule has 0 saturated heterocycles. The summed E-state index contributed by atoms with van der Waals surface area (Å²) >= 11 is 0. The van der Waals surface area contributed by atoms with E-state index in [0.717, 1.165) is 0 Å². The molecule has 0 aromatic heterocycles. The molecule has 0 radical (unpaired) electrons. The molecular formula is C15H14FNO2. The molecule has 0 spiro atoms. The molecule has 19 heavy (non-hydrogen) atoms. The second-order valence-electron chi connectivity index (χ2n) is 4.28. The van der Waals surface area contributed by atoms with Crippen LogP contribution >= 0.6 is 0 Å². The average Bonchev–Trinajstić information content (AvgIpc) is 2.42. The molecule has 0 bridgehead atoms. The first-order valence-corrected chi connectivity index (χ1v) is 5.87. The highest BCUT2D eigenvalue weighted by Crippen LogP contribution is 2.14. The number of anilines is 1. The summed E-state index contributed by atoms with van der Waals surface area (Å²) in [6, 6.07) is 11.2. The normalized spacial score (nSPS) is 10.3. The first-order chi connectivity index (χ1) is 9.10. The van der Waals surface area contributed by atoms with Crippen LogP contribution in [-0.2, 0) is 6.61 Å². The summed E-state index contributed by atoms with van der Waals surface area (Å²) in [5, 5.41) is 11.7. The molecular weight excluding hydrogens is 245 g/mol. The number of aliphatic hydroxyl groups excluding tert-OH is 1. The van der Waals surface area contributed by atoms with Gasteiger partial charge in [-0.25, -0.2) is 4.39 Å². The van der Waals surface area contributed by atoms with Crippen LogP contribution in [0.4, 0.5) is 10.1 Å². The number of carbonyl (C=O) groups excluding carboxylic acids is 1. The second-order valence-corrected chi connectivity index (χ2v) is 4.28. The topological polar surface area (TPSA) is 49.3 Å². The standard InChI is InChI=1S/C15H14FNO2/c1-10-5-6-12(8-14(10)16)15(19)17-13-4-2-3-11(7-13)9-18/h2-8,18H,9H2,1H3,(H,17,19). The van der Waals surface area contributed by atoms with Gasteiger partial charge in [0, 0.05) is 11.3 Å². The number of nitrogens with one attached hydrogen (secondary N) is 1. The van der Waals surface area contributed by atoms with E-state index >= 15 is 0 Å². The highest BCUT2D eigenvalue weighted by Gasteiger charge is 2.08. The maximum absolute atomic E-state index is 13.4. The van der Waals surface area contributed by atoms with Crippen molar-refractivity contribution in [3.8, 4) is 0 Å². The fourth-order valence-electron chi connectivity index (χ4n) is 1.68. The van der Waals surface area contributed by atoms with Crippen LogP contribution < -0.4 is 5.32 Å². The molecule has 0 aliphatic carbocycles. The molecule has 4 heteroatoms. The van der Waals surface area contributed by atoms with Crippen LogP contribution in [0.1, 0.15) is 21.5 Å². The average molecular weight is 259 g/mol. The van der Waals surface area contributed by atoms with Crippen molar-refractivity contribution in [2.45, 2.75) is 13.5 Å². The minimum absolute atomic E-state index is 0.0944. The number of amides is 1. The van der Waals surface area contributed by atoms with Crippen LogP contribution in [0.5, 0.6) is 0 Å². The lowest BCUT2D eigenvalue weighted by Gasteiger charge is -2.07. The Balaban J connectivity index is 2.18. The number of halogens is 1. The third-order valence-electron chi connectivity index (χ3n) is 2.80. The van der Waals surface area contributed by atoms with Gasteiger partial charge in [-0.05, 0) is 42.3 Å². The van der Waals surface area contributed by atoms with Crippen molar-refractivity contribution in [3.05, 3.63) is 65.0 Å². The van der Waals surface area contributed by atoms with Gasteiger partial charge in [0.25, 0.3) is 5.91 Å². The smallest absolute Gasteiger partial charge is 0.255 e. The second kappa shape index (κ2) is 5.63. The molecule has 0 heterocycles. The van der Waals surface area contributed by atoms with Gasteiger partial charge in [-0.3, -0.25) is 4.79 Å². The predicted octanol–water partition coefficient (Wildman–Crippen LogP) is 2.88. The molecule has 0 aliphatic heterocycles. The molecule has 0 fully saturated rings. The van der Waals surface area contributed by atoms with Gasteiger partial charge < -0.3 is 10.4 Å². The SMILES string of the molecule is Cc1ccc(C(=O)Nc2cccc(CO)c2)cc1F. The number of benzene rings is 2. The maximum Gasteiger partial charge on any atom is 0.255 e. The minimum Gasteiger partial charge on any atom is -0.392 e. The van der Waals surface area contributed by atoms with Gasteiger partial charge >= 0.3 is 0 Å². The summed E-state index contributed by atoms with van der Waals surface area (Å²) < 4.78 is 13.4. The Morgan fingerprint density at radius 3 is 2.74 bits per heavy atom. The van der Waals surface area contributed by atoms with Crippen molar-refractivity contribution in [3.63, 3.8) is 0 Å². The van der Waals surface area contributed by atoms with Gasteiger partial charge in [0.2, 0.25) is 0 Å². The van der Waals surface area contributed by atoms with Crippen molar-refractivity contribution in [2.24, 2.45) is 0 Å². The summed E-state index contributed by atoms with van der Waals surface area (Å²) in [6.45, 7) is 1.55. The summed E-state index contributed by atoms with van der Waals surface area (Å²) in [5.41, 5.74) is 2.03. The highest BCUT2D eigenvalue weighted by molar-refractivity contribution is 6.04. The summed E-state index contributed by atoms with van der Waals surface area (Å²) in [6.07, 6.45) is 0. The van der Waals surface area contributed by atoms with E-state index < -0.39 is 5.82 Å². The molecule has 2 N–H and O–H groups in total. The van der Waals surface area contributed by atoms with E-state index in [2.05, 4.69) is 5.32 Å². The molecule has 0 saturated carbocycles. The minimum atomic E-state index is -0.406. The van der Waals surface area contributed by atoms with Crippen LogP contribution in [-0.4, -0.2) is 11.0 Å². The number of aliphatic hydroxyl groups is 1. The van der Waals surface area contributed by atoms with Crippen molar-refractivity contribution in [1.29, 1.82) is 0 Å². The van der Waals surface area contributed by atoms with E-state index in [9.17, 15) is 9.18 Å². The maximum atomic E-state index is 13.4. The molecule has 0 atom stereocenters. The lowest BCUT2D eigenvalue weighted by atomic mass is 10.1. The Morgan fingerprint density at radius 1 is 1.26 bits per heavy atom. The summed E-state index contributed by atoms with van der Waals surface area (Å²) in [5.74, 6) is -0.786. The monoisotopic (exact) mass is 259 g/mol. The Kier molecular flexibility index (Phi) is 3.92. The number of carbonyl (C=O) groups is 1. The van der Waals surface area contributed by atoms with Gasteiger partial charge in [-0.2, -0.15) is 0 Å². The van der Waals surface area contributed by atoms with E-state index in [1.54, 1.807) is 43.3 Å². The Hall–Kier alpha value is -2.20. The quantitative estimate of drug-likeness (QED) is 0.890. The van der Waals surface area contributed by atoms with E-state index in [-0.39, 0.29) is 18.1 Å².